The first-order chi connectivity index (χ1) is 13.0. The van der Waals surface area contributed by atoms with Gasteiger partial charge in [0.05, 0.1) is 12.7 Å². The lowest BCUT2D eigenvalue weighted by atomic mass is 10.1. The molecule has 0 saturated carbocycles. The minimum atomic E-state index is -0.941. The quantitative estimate of drug-likeness (QED) is 0.685. The van der Waals surface area contributed by atoms with Crippen LogP contribution in [0.25, 0.3) is 10.8 Å². The molecule has 5 heteroatoms. The number of benzene rings is 3. The Bertz CT molecular complexity index is 991. The molecule has 27 heavy (non-hydrogen) atoms. The molecule has 3 rings (SSSR count). The predicted molar refractivity (Wildman–Crippen MR) is 105 cm³/mol. The van der Waals surface area contributed by atoms with Crippen LogP contribution in [0, 0.1) is 6.92 Å². The lowest BCUT2D eigenvalue weighted by Crippen LogP contribution is -2.30. The molecule has 0 aliphatic heterocycles. The molecule has 0 fully saturated rings. The van der Waals surface area contributed by atoms with E-state index in [9.17, 15) is 9.59 Å². The highest BCUT2D eigenvalue weighted by Crippen LogP contribution is 2.23. The van der Waals surface area contributed by atoms with Crippen LogP contribution < -0.4 is 10.1 Å². The van der Waals surface area contributed by atoms with E-state index >= 15 is 0 Å². The Morgan fingerprint density at radius 3 is 2.52 bits per heavy atom. The summed E-state index contributed by atoms with van der Waals surface area (Å²) in [6, 6.07) is 18.4. The van der Waals surface area contributed by atoms with E-state index < -0.39 is 18.0 Å². The van der Waals surface area contributed by atoms with E-state index in [0.29, 0.717) is 17.0 Å². The third-order valence-electron chi connectivity index (χ3n) is 4.34. The number of anilines is 1. The third kappa shape index (κ3) is 4.08. The first-order valence-electron chi connectivity index (χ1n) is 8.64. The molecule has 0 radical (unpaired) electrons. The first-order valence-corrected chi connectivity index (χ1v) is 8.64. The number of hydrogen-bond donors (Lipinski definition) is 1. The second-order valence-electron chi connectivity index (χ2n) is 6.25. The van der Waals surface area contributed by atoms with Crippen molar-refractivity contribution >= 4 is 28.3 Å². The molecule has 0 saturated heterocycles. The Balaban J connectivity index is 1.71. The zero-order valence-corrected chi connectivity index (χ0v) is 15.5. The van der Waals surface area contributed by atoms with Gasteiger partial charge in [0.25, 0.3) is 5.91 Å². The van der Waals surface area contributed by atoms with Gasteiger partial charge in [-0.2, -0.15) is 0 Å². The summed E-state index contributed by atoms with van der Waals surface area (Å²) in [5.74, 6) is -0.370. The van der Waals surface area contributed by atoms with Crippen LogP contribution in [0.1, 0.15) is 22.8 Å². The Kier molecular flexibility index (Phi) is 5.41. The molecule has 0 aliphatic rings. The molecule has 0 bridgehead atoms. The van der Waals surface area contributed by atoms with E-state index in [2.05, 4.69) is 5.32 Å². The number of hydrogen-bond acceptors (Lipinski definition) is 4. The van der Waals surface area contributed by atoms with E-state index in [-0.39, 0.29) is 0 Å². The molecule has 0 aromatic heterocycles. The van der Waals surface area contributed by atoms with Crippen molar-refractivity contribution in [2.75, 3.05) is 12.4 Å². The monoisotopic (exact) mass is 363 g/mol. The summed E-state index contributed by atoms with van der Waals surface area (Å²) in [6.07, 6.45) is -0.941. The van der Waals surface area contributed by atoms with Crippen LogP contribution in [0.15, 0.2) is 60.7 Å². The van der Waals surface area contributed by atoms with Gasteiger partial charge in [0.1, 0.15) is 5.75 Å². The van der Waals surface area contributed by atoms with Crippen LogP contribution in [0.4, 0.5) is 5.69 Å². The van der Waals surface area contributed by atoms with E-state index in [0.717, 1.165) is 16.3 Å². The van der Waals surface area contributed by atoms with Crippen LogP contribution in [0.5, 0.6) is 5.75 Å². The molecule has 0 heterocycles. The van der Waals surface area contributed by atoms with Gasteiger partial charge < -0.3 is 14.8 Å². The maximum atomic E-state index is 12.5. The lowest BCUT2D eigenvalue weighted by molar-refractivity contribution is -0.123. The number of rotatable bonds is 5. The summed E-state index contributed by atoms with van der Waals surface area (Å²) >= 11 is 0. The zero-order valence-electron chi connectivity index (χ0n) is 15.5. The van der Waals surface area contributed by atoms with Gasteiger partial charge >= 0.3 is 5.97 Å². The molecule has 1 unspecified atom stereocenters. The average Bonchev–Trinajstić information content (AvgIpc) is 2.68. The maximum Gasteiger partial charge on any atom is 0.339 e. The fourth-order valence-corrected chi connectivity index (χ4v) is 2.80. The van der Waals surface area contributed by atoms with E-state index in [1.165, 1.54) is 7.11 Å². The van der Waals surface area contributed by atoms with Gasteiger partial charge in [0.2, 0.25) is 0 Å². The number of methoxy groups -OCH3 is 1. The summed E-state index contributed by atoms with van der Waals surface area (Å²) in [5, 5.41) is 4.78. The van der Waals surface area contributed by atoms with Gasteiger partial charge in [-0.25, -0.2) is 4.79 Å². The molecule has 5 nitrogen and oxygen atoms in total. The molecular weight excluding hydrogens is 342 g/mol. The Hall–Kier alpha value is -3.34. The maximum absolute atomic E-state index is 12.5. The minimum Gasteiger partial charge on any atom is -0.496 e. The van der Waals surface area contributed by atoms with Crippen LogP contribution in [0.3, 0.4) is 0 Å². The lowest BCUT2D eigenvalue weighted by Gasteiger charge is -2.15. The Morgan fingerprint density at radius 2 is 1.74 bits per heavy atom. The fourth-order valence-electron chi connectivity index (χ4n) is 2.80. The molecule has 0 aliphatic carbocycles. The SMILES string of the molecule is COc1cc(C(=O)OC(C)C(=O)Nc2cccc3ccccc23)ccc1C. The Labute approximate surface area is 157 Å². The molecule has 3 aromatic rings. The predicted octanol–water partition coefficient (Wildman–Crippen LogP) is 4.34. The third-order valence-corrected chi connectivity index (χ3v) is 4.34. The van der Waals surface area contributed by atoms with Crippen molar-refractivity contribution in [1.29, 1.82) is 0 Å². The number of esters is 1. The number of amides is 1. The number of carbonyl (C=O) groups is 2. The van der Waals surface area contributed by atoms with Crippen LogP contribution in [-0.4, -0.2) is 25.1 Å². The average molecular weight is 363 g/mol. The molecular formula is C22H21NO4. The second kappa shape index (κ2) is 7.91. The summed E-state index contributed by atoms with van der Waals surface area (Å²) in [4.78, 5) is 24.8. The number of nitrogens with one attached hydrogen (secondary N) is 1. The molecule has 1 N–H and O–H groups in total. The van der Waals surface area contributed by atoms with Gasteiger partial charge in [-0.3, -0.25) is 4.79 Å². The molecule has 1 atom stereocenters. The molecule has 138 valence electrons. The van der Waals surface area contributed by atoms with Crippen molar-refractivity contribution in [3.05, 3.63) is 71.8 Å². The number of fused-ring (bicyclic) bond motifs is 1. The fraction of sp³-hybridized carbons (Fsp3) is 0.182. The topological polar surface area (TPSA) is 64.6 Å². The van der Waals surface area contributed by atoms with E-state index in [1.54, 1.807) is 25.1 Å². The first kappa shape index (κ1) is 18.5. The van der Waals surface area contributed by atoms with Gasteiger partial charge in [0, 0.05) is 11.1 Å². The van der Waals surface area contributed by atoms with Crippen molar-refractivity contribution in [3.8, 4) is 5.75 Å². The normalized spacial score (nSPS) is 11.7. The van der Waals surface area contributed by atoms with Crippen LogP contribution >= 0.6 is 0 Å². The number of carbonyl (C=O) groups excluding carboxylic acids is 2. The highest BCUT2D eigenvalue weighted by Gasteiger charge is 2.20. The van der Waals surface area contributed by atoms with Crippen LogP contribution in [0.2, 0.25) is 0 Å². The number of aryl methyl sites for hydroxylation is 1. The van der Waals surface area contributed by atoms with Crippen molar-refractivity contribution in [1.82, 2.24) is 0 Å². The van der Waals surface area contributed by atoms with Gasteiger partial charge in [0.15, 0.2) is 6.10 Å². The largest absolute Gasteiger partial charge is 0.496 e. The summed E-state index contributed by atoms with van der Waals surface area (Å²) in [6.45, 7) is 3.43. The van der Waals surface area contributed by atoms with Crippen molar-refractivity contribution in [2.45, 2.75) is 20.0 Å². The smallest absolute Gasteiger partial charge is 0.339 e. The molecule has 3 aromatic carbocycles. The second-order valence-corrected chi connectivity index (χ2v) is 6.25. The summed E-state index contributed by atoms with van der Waals surface area (Å²) < 4.78 is 10.5. The van der Waals surface area contributed by atoms with Gasteiger partial charge in [-0.05, 0) is 43.0 Å². The highest BCUT2D eigenvalue weighted by molar-refractivity contribution is 6.04. The van der Waals surface area contributed by atoms with E-state index in [1.807, 2.05) is 49.4 Å². The minimum absolute atomic E-state index is 0.335. The number of ether oxygens (including phenoxy) is 2. The van der Waals surface area contributed by atoms with Gasteiger partial charge in [-0.15, -0.1) is 0 Å². The summed E-state index contributed by atoms with van der Waals surface area (Å²) in [7, 11) is 1.54. The highest BCUT2D eigenvalue weighted by atomic mass is 16.5. The summed E-state index contributed by atoms with van der Waals surface area (Å²) in [5.41, 5.74) is 1.93. The zero-order chi connectivity index (χ0) is 19.4. The van der Waals surface area contributed by atoms with Crippen molar-refractivity contribution < 1.29 is 19.1 Å². The molecule has 1 amide bonds. The van der Waals surface area contributed by atoms with Gasteiger partial charge in [-0.1, -0.05) is 42.5 Å². The van der Waals surface area contributed by atoms with Crippen LogP contribution in [-0.2, 0) is 9.53 Å². The van der Waals surface area contributed by atoms with Crippen molar-refractivity contribution in [2.24, 2.45) is 0 Å². The molecule has 0 spiro atoms. The standard InChI is InChI=1S/C22H21NO4/c1-14-11-12-17(13-20(14)26-3)22(25)27-15(2)21(24)23-19-10-6-8-16-7-4-5-9-18(16)19/h4-13,15H,1-3H3,(H,23,24). The Morgan fingerprint density at radius 1 is 1.00 bits per heavy atom. The van der Waals surface area contributed by atoms with E-state index in [4.69, 9.17) is 9.47 Å². The van der Waals surface area contributed by atoms with Crippen molar-refractivity contribution in [3.63, 3.8) is 0 Å².